The second-order valence-electron chi connectivity index (χ2n) is 9.42. The van der Waals surface area contributed by atoms with Crippen LogP contribution in [0.2, 0.25) is 0 Å². The van der Waals surface area contributed by atoms with Gasteiger partial charge in [0, 0.05) is 28.0 Å². The van der Waals surface area contributed by atoms with Crippen LogP contribution in [-0.2, 0) is 32.6 Å². The summed E-state index contributed by atoms with van der Waals surface area (Å²) in [5.41, 5.74) is 2.07. The Morgan fingerprint density at radius 3 is 1.97 bits per heavy atom. The lowest BCUT2D eigenvalue weighted by atomic mass is 10.0. The average molecular weight is 679 g/mol. The molecule has 0 unspecified atom stereocenters. The van der Waals surface area contributed by atoms with Crippen LogP contribution in [0, 0.1) is 0 Å². The maximum absolute atomic E-state index is 14.0. The summed E-state index contributed by atoms with van der Waals surface area (Å²) in [7, 11) is -3.80. The lowest BCUT2D eigenvalue weighted by Crippen LogP contribution is -2.54. The quantitative estimate of drug-likeness (QED) is 0.273. The number of anilines is 1. The molecule has 39 heavy (non-hydrogen) atoms. The summed E-state index contributed by atoms with van der Waals surface area (Å²) in [5.74, 6) is -0.764. The highest BCUT2D eigenvalue weighted by molar-refractivity contribution is 9.10. The third-order valence-corrected chi connectivity index (χ3v) is 8.53. The summed E-state index contributed by atoms with van der Waals surface area (Å²) in [6.07, 6.45) is 2.08. The minimum absolute atomic E-state index is 0.0873. The highest BCUT2D eigenvalue weighted by Crippen LogP contribution is 2.23. The molecule has 0 saturated carbocycles. The molecule has 0 heterocycles. The van der Waals surface area contributed by atoms with Crippen LogP contribution < -0.4 is 9.62 Å². The third-order valence-electron chi connectivity index (χ3n) is 6.33. The molecule has 1 N–H and O–H groups in total. The predicted octanol–water partition coefficient (Wildman–Crippen LogP) is 5.53. The summed E-state index contributed by atoms with van der Waals surface area (Å²) in [4.78, 5) is 29.2. The number of nitrogens with zero attached hydrogens (tertiary/aromatic N) is 2. The first kappa shape index (κ1) is 30.8. The average Bonchev–Trinajstić information content (AvgIpc) is 2.90. The second-order valence-corrected chi connectivity index (χ2v) is 13.2. The maximum atomic E-state index is 14.0. The van der Waals surface area contributed by atoms with Gasteiger partial charge in [-0.25, -0.2) is 8.42 Å². The number of sulfonamides is 1. The standard InChI is InChI=1S/C29H33Br2N3O4S/c1-4-21(2)32-29(36)27(18-22-8-6-5-7-9-22)33(19-23-10-12-24(30)13-11-23)28(35)20-34(39(3,37)38)26-16-14-25(31)15-17-26/h5-17,21,27H,4,18-20H2,1-3H3,(H,32,36)/t21-,27+/m1/s1. The first-order valence-corrected chi connectivity index (χ1v) is 16.0. The lowest BCUT2D eigenvalue weighted by molar-refractivity contribution is -0.140. The van der Waals surface area contributed by atoms with Crippen LogP contribution in [-0.4, -0.2) is 50.0 Å². The topological polar surface area (TPSA) is 86.8 Å². The summed E-state index contributed by atoms with van der Waals surface area (Å²) in [6, 6.07) is 22.7. The van der Waals surface area contributed by atoms with E-state index in [0.717, 1.165) is 37.1 Å². The van der Waals surface area contributed by atoms with E-state index in [9.17, 15) is 18.0 Å². The largest absolute Gasteiger partial charge is 0.352 e. The molecule has 3 aromatic carbocycles. The van der Waals surface area contributed by atoms with Crippen molar-refractivity contribution in [3.05, 3.63) is 98.9 Å². The molecule has 3 rings (SSSR count). The molecule has 0 bridgehead atoms. The van der Waals surface area contributed by atoms with E-state index in [2.05, 4.69) is 37.2 Å². The van der Waals surface area contributed by atoms with E-state index in [4.69, 9.17) is 0 Å². The van der Waals surface area contributed by atoms with Crippen molar-refractivity contribution in [2.24, 2.45) is 0 Å². The van der Waals surface area contributed by atoms with Gasteiger partial charge in [0.25, 0.3) is 0 Å². The van der Waals surface area contributed by atoms with E-state index in [1.165, 1.54) is 4.90 Å². The summed E-state index contributed by atoms with van der Waals surface area (Å²) in [6.45, 7) is 3.58. The molecule has 0 radical (unpaired) electrons. The van der Waals surface area contributed by atoms with Gasteiger partial charge in [-0.1, -0.05) is 81.2 Å². The Bertz CT molecular complexity index is 1350. The van der Waals surface area contributed by atoms with Crippen molar-refractivity contribution in [2.75, 3.05) is 17.1 Å². The molecular weight excluding hydrogens is 646 g/mol. The molecule has 3 aromatic rings. The van der Waals surface area contributed by atoms with Gasteiger partial charge >= 0.3 is 0 Å². The summed E-state index contributed by atoms with van der Waals surface area (Å²) < 4.78 is 28.4. The van der Waals surface area contributed by atoms with E-state index < -0.39 is 28.5 Å². The van der Waals surface area contributed by atoms with Crippen LogP contribution in [0.1, 0.15) is 31.4 Å². The van der Waals surface area contributed by atoms with Gasteiger partial charge in [-0.3, -0.25) is 13.9 Å². The van der Waals surface area contributed by atoms with Gasteiger partial charge in [-0.2, -0.15) is 0 Å². The van der Waals surface area contributed by atoms with Crippen molar-refractivity contribution < 1.29 is 18.0 Å². The maximum Gasteiger partial charge on any atom is 0.244 e. The van der Waals surface area contributed by atoms with Crippen molar-refractivity contribution in [1.82, 2.24) is 10.2 Å². The lowest BCUT2D eigenvalue weighted by Gasteiger charge is -2.34. The molecule has 208 valence electrons. The Morgan fingerprint density at radius 1 is 0.872 bits per heavy atom. The van der Waals surface area contributed by atoms with Crippen molar-refractivity contribution in [3.8, 4) is 0 Å². The molecule has 0 saturated heterocycles. The number of nitrogens with one attached hydrogen (secondary N) is 1. The minimum atomic E-state index is -3.80. The monoisotopic (exact) mass is 677 g/mol. The zero-order valence-electron chi connectivity index (χ0n) is 22.2. The number of carbonyl (C=O) groups is 2. The van der Waals surface area contributed by atoms with E-state index in [0.29, 0.717) is 5.69 Å². The second kappa shape index (κ2) is 14.1. The van der Waals surface area contributed by atoms with Crippen molar-refractivity contribution in [2.45, 2.75) is 45.3 Å². The fraction of sp³-hybridized carbons (Fsp3) is 0.310. The fourth-order valence-corrected chi connectivity index (χ4v) is 5.38. The molecule has 0 aliphatic carbocycles. The normalized spacial score (nSPS) is 12.8. The number of benzene rings is 3. The van der Waals surface area contributed by atoms with Gasteiger partial charge in [0.15, 0.2) is 0 Å². The molecule has 2 atom stereocenters. The highest BCUT2D eigenvalue weighted by atomic mass is 79.9. The Labute approximate surface area is 247 Å². The van der Waals surface area contributed by atoms with E-state index in [1.54, 1.807) is 24.3 Å². The highest BCUT2D eigenvalue weighted by Gasteiger charge is 2.33. The Hall–Kier alpha value is -2.69. The van der Waals surface area contributed by atoms with Crippen LogP contribution in [0.4, 0.5) is 5.69 Å². The number of hydrogen-bond donors (Lipinski definition) is 1. The van der Waals surface area contributed by atoms with Gasteiger partial charge in [0.05, 0.1) is 11.9 Å². The molecule has 0 aliphatic rings. The summed E-state index contributed by atoms with van der Waals surface area (Å²) >= 11 is 6.80. The molecule has 0 aromatic heterocycles. The van der Waals surface area contributed by atoms with Crippen LogP contribution in [0.3, 0.4) is 0 Å². The Kier molecular flexibility index (Phi) is 11.1. The Morgan fingerprint density at radius 2 is 1.44 bits per heavy atom. The number of carbonyl (C=O) groups excluding carboxylic acids is 2. The first-order chi connectivity index (χ1) is 18.5. The van der Waals surface area contributed by atoms with Crippen LogP contribution >= 0.6 is 31.9 Å². The van der Waals surface area contributed by atoms with Crippen LogP contribution in [0.15, 0.2) is 87.8 Å². The van der Waals surface area contributed by atoms with Gasteiger partial charge in [0.2, 0.25) is 21.8 Å². The van der Waals surface area contributed by atoms with Gasteiger partial charge in [-0.15, -0.1) is 0 Å². The third kappa shape index (κ3) is 9.19. The number of rotatable bonds is 12. The molecule has 10 heteroatoms. The number of hydrogen-bond acceptors (Lipinski definition) is 4. The molecule has 0 fully saturated rings. The molecule has 0 aliphatic heterocycles. The minimum Gasteiger partial charge on any atom is -0.352 e. The molecule has 2 amide bonds. The van der Waals surface area contributed by atoms with E-state index >= 15 is 0 Å². The van der Waals surface area contributed by atoms with Gasteiger partial charge < -0.3 is 10.2 Å². The number of halogens is 2. The predicted molar refractivity (Wildman–Crippen MR) is 163 cm³/mol. The molecule has 7 nitrogen and oxygen atoms in total. The van der Waals surface area contributed by atoms with Gasteiger partial charge in [0.1, 0.15) is 12.6 Å². The first-order valence-electron chi connectivity index (χ1n) is 12.6. The zero-order chi connectivity index (χ0) is 28.6. The summed E-state index contributed by atoms with van der Waals surface area (Å²) in [5, 5.41) is 3.02. The van der Waals surface area contributed by atoms with Crippen molar-refractivity contribution in [1.29, 1.82) is 0 Å². The smallest absolute Gasteiger partial charge is 0.244 e. The Balaban J connectivity index is 2.04. The van der Waals surface area contributed by atoms with Gasteiger partial charge in [-0.05, 0) is 60.9 Å². The molecule has 0 spiro atoms. The van der Waals surface area contributed by atoms with Crippen molar-refractivity contribution >= 4 is 59.4 Å². The van der Waals surface area contributed by atoms with E-state index in [-0.39, 0.29) is 24.9 Å². The van der Waals surface area contributed by atoms with Crippen molar-refractivity contribution in [3.63, 3.8) is 0 Å². The van der Waals surface area contributed by atoms with Crippen LogP contribution in [0.25, 0.3) is 0 Å². The van der Waals surface area contributed by atoms with E-state index in [1.807, 2.05) is 68.4 Å². The fourth-order valence-electron chi connectivity index (χ4n) is 4.00. The number of amides is 2. The molecular formula is C29H33Br2N3O4S. The van der Waals surface area contributed by atoms with Crippen LogP contribution in [0.5, 0.6) is 0 Å². The zero-order valence-corrected chi connectivity index (χ0v) is 26.2. The SMILES string of the molecule is CC[C@@H](C)NC(=O)[C@H](Cc1ccccc1)N(Cc1ccc(Br)cc1)C(=O)CN(c1ccc(Br)cc1)S(C)(=O)=O.